The van der Waals surface area contributed by atoms with E-state index >= 15 is 0 Å². The van der Waals surface area contributed by atoms with E-state index in [0.29, 0.717) is 11.4 Å². The maximum atomic E-state index is 13.5. The third-order valence-electron chi connectivity index (χ3n) is 4.77. The van der Waals surface area contributed by atoms with Crippen LogP contribution in [-0.2, 0) is 0 Å². The van der Waals surface area contributed by atoms with Crippen LogP contribution in [0.1, 0.15) is 29.9 Å². The van der Waals surface area contributed by atoms with Gasteiger partial charge in [0.2, 0.25) is 0 Å². The molecule has 1 N–H and O–H groups in total. The summed E-state index contributed by atoms with van der Waals surface area (Å²) in [5, 5.41) is 9.26. The van der Waals surface area contributed by atoms with Gasteiger partial charge in [-0.25, -0.2) is 9.67 Å². The van der Waals surface area contributed by atoms with Crippen LogP contribution < -0.4 is 5.32 Å². The van der Waals surface area contributed by atoms with Crippen LogP contribution in [0.25, 0.3) is 27.5 Å². The Morgan fingerprint density at radius 1 is 1.00 bits per heavy atom. The Balaban J connectivity index is 1.85. The first-order chi connectivity index (χ1) is 14.1. The summed E-state index contributed by atoms with van der Waals surface area (Å²) in [6.07, 6.45) is 5.86. The molecule has 4 rings (SSSR count). The number of hydrogen-bond acceptors (Lipinski definition) is 3. The second kappa shape index (κ2) is 7.72. The van der Waals surface area contributed by atoms with Gasteiger partial charge in [-0.2, -0.15) is 5.10 Å². The molecule has 0 unspecified atom stereocenters. The van der Waals surface area contributed by atoms with Gasteiger partial charge in [0.05, 0.1) is 28.0 Å². The second-order valence-electron chi connectivity index (χ2n) is 6.77. The van der Waals surface area contributed by atoms with Gasteiger partial charge >= 0.3 is 0 Å². The van der Waals surface area contributed by atoms with E-state index in [0.717, 1.165) is 33.2 Å². The maximum absolute atomic E-state index is 13.5. The van der Waals surface area contributed by atoms with Crippen LogP contribution in [0.3, 0.4) is 0 Å². The fraction of sp³-hybridized carbons (Fsp3) is 0.125. The molecule has 144 valence electrons. The number of carbonyl (C=O) groups is 1. The highest BCUT2D eigenvalue weighted by Gasteiger charge is 2.18. The molecule has 0 bridgehead atoms. The van der Waals surface area contributed by atoms with E-state index in [4.69, 9.17) is 4.98 Å². The van der Waals surface area contributed by atoms with Gasteiger partial charge in [0, 0.05) is 16.8 Å². The van der Waals surface area contributed by atoms with Crippen molar-refractivity contribution in [2.75, 3.05) is 5.32 Å². The summed E-state index contributed by atoms with van der Waals surface area (Å²) >= 11 is 0. The molecule has 0 aliphatic carbocycles. The average Bonchev–Trinajstić information content (AvgIpc) is 3.09. The van der Waals surface area contributed by atoms with Gasteiger partial charge in [-0.05, 0) is 39.0 Å². The number of fused-ring (bicyclic) bond motifs is 2. The van der Waals surface area contributed by atoms with Gasteiger partial charge in [0.1, 0.15) is 5.82 Å². The van der Waals surface area contributed by atoms with E-state index in [1.807, 2.05) is 93.6 Å². The number of benzene rings is 2. The fourth-order valence-electron chi connectivity index (χ4n) is 3.51. The molecule has 1 amide bonds. The topological polar surface area (TPSA) is 59.8 Å². The highest BCUT2D eigenvalue weighted by Crippen LogP contribution is 2.27. The van der Waals surface area contributed by atoms with Gasteiger partial charge in [-0.1, -0.05) is 48.6 Å². The summed E-state index contributed by atoms with van der Waals surface area (Å²) in [6.45, 7) is 5.81. The first-order valence-corrected chi connectivity index (χ1v) is 9.57. The molecule has 2 aromatic carbocycles. The monoisotopic (exact) mass is 382 g/mol. The Morgan fingerprint density at radius 2 is 1.62 bits per heavy atom. The average molecular weight is 382 g/mol. The summed E-state index contributed by atoms with van der Waals surface area (Å²) in [5.41, 5.74) is 3.92. The number of para-hydroxylation sites is 2. The first-order valence-electron chi connectivity index (χ1n) is 9.57. The zero-order valence-corrected chi connectivity index (χ0v) is 16.7. The molecule has 0 saturated carbocycles. The van der Waals surface area contributed by atoms with Crippen LogP contribution in [-0.4, -0.2) is 20.7 Å². The molecule has 0 aliphatic rings. The maximum Gasteiger partial charge on any atom is 0.258 e. The van der Waals surface area contributed by atoms with Gasteiger partial charge in [0.15, 0.2) is 0 Å². The number of carbonyl (C=O) groups excluding carboxylic acids is 1. The summed E-state index contributed by atoms with van der Waals surface area (Å²) in [4.78, 5) is 18.2. The lowest BCUT2D eigenvalue weighted by Gasteiger charge is -2.13. The first kappa shape index (κ1) is 18.6. The smallest absolute Gasteiger partial charge is 0.258 e. The van der Waals surface area contributed by atoms with E-state index in [-0.39, 0.29) is 5.91 Å². The number of amides is 1. The van der Waals surface area contributed by atoms with Crippen LogP contribution in [0.5, 0.6) is 0 Å². The van der Waals surface area contributed by atoms with Crippen molar-refractivity contribution in [1.82, 2.24) is 14.8 Å². The minimum absolute atomic E-state index is 0.183. The van der Waals surface area contributed by atoms with Crippen LogP contribution >= 0.6 is 0 Å². The molecule has 2 aromatic heterocycles. The molecular formula is C24H22N4O. The second-order valence-corrected chi connectivity index (χ2v) is 6.77. The van der Waals surface area contributed by atoms with Crippen molar-refractivity contribution in [1.29, 1.82) is 0 Å². The number of hydrogen-bond donors (Lipinski definition) is 1. The van der Waals surface area contributed by atoms with Crippen LogP contribution in [0, 0.1) is 6.92 Å². The Labute approximate surface area is 169 Å². The number of pyridine rings is 1. The van der Waals surface area contributed by atoms with Gasteiger partial charge < -0.3 is 5.32 Å². The number of allylic oxidation sites excluding steroid dienone is 4. The molecule has 5 heteroatoms. The van der Waals surface area contributed by atoms with Gasteiger partial charge in [-0.15, -0.1) is 0 Å². The normalized spacial score (nSPS) is 12.2. The van der Waals surface area contributed by atoms with E-state index in [9.17, 15) is 4.79 Å². The zero-order chi connectivity index (χ0) is 20.4. The molecule has 0 fully saturated rings. The van der Waals surface area contributed by atoms with Gasteiger partial charge in [-0.3, -0.25) is 4.79 Å². The molecular weight excluding hydrogens is 360 g/mol. The highest BCUT2D eigenvalue weighted by atomic mass is 16.1. The van der Waals surface area contributed by atoms with Crippen molar-refractivity contribution in [2.45, 2.75) is 20.8 Å². The number of aryl methyl sites for hydroxylation is 1. The molecule has 0 spiro atoms. The largest absolute Gasteiger partial charge is 0.306 e. The molecule has 29 heavy (non-hydrogen) atoms. The fourth-order valence-corrected chi connectivity index (χ4v) is 3.51. The zero-order valence-electron chi connectivity index (χ0n) is 16.7. The van der Waals surface area contributed by atoms with Crippen molar-refractivity contribution in [2.24, 2.45) is 0 Å². The van der Waals surface area contributed by atoms with Crippen LogP contribution in [0.4, 0.5) is 5.82 Å². The third-order valence-corrected chi connectivity index (χ3v) is 4.77. The lowest BCUT2D eigenvalue weighted by atomic mass is 10.0. The SMILES string of the molecule is C/C=C\C(=C/C)n1nc(C)cc1NC(=O)c1c2ccccc2nc2ccccc12. The molecule has 0 saturated heterocycles. The Kier molecular flexibility index (Phi) is 4.96. The van der Waals surface area contributed by atoms with Crippen LogP contribution in [0.15, 0.2) is 72.8 Å². The predicted molar refractivity (Wildman–Crippen MR) is 119 cm³/mol. The minimum atomic E-state index is -0.183. The molecule has 0 radical (unpaired) electrons. The molecule has 4 aromatic rings. The van der Waals surface area contributed by atoms with Crippen molar-refractivity contribution in [3.63, 3.8) is 0 Å². The summed E-state index contributed by atoms with van der Waals surface area (Å²) in [5.74, 6) is 0.445. The highest BCUT2D eigenvalue weighted by molar-refractivity contribution is 6.20. The molecule has 2 heterocycles. The van der Waals surface area contributed by atoms with E-state index in [2.05, 4.69) is 10.4 Å². The number of nitrogens with zero attached hydrogens (tertiary/aromatic N) is 3. The Hall–Kier alpha value is -3.73. The number of anilines is 1. The number of aromatic nitrogens is 3. The lowest BCUT2D eigenvalue weighted by Crippen LogP contribution is -2.16. The minimum Gasteiger partial charge on any atom is -0.306 e. The number of nitrogens with one attached hydrogen (secondary N) is 1. The lowest BCUT2D eigenvalue weighted by molar-refractivity contribution is 0.102. The van der Waals surface area contributed by atoms with E-state index < -0.39 is 0 Å². The standard InChI is InChI=1S/C24H22N4O/c1-4-10-17(5-2)28-22(15-16(3)27-28)26-24(29)23-18-11-6-8-13-20(18)25-21-14-9-7-12-19(21)23/h4-15H,1-3H3,(H,26,29)/b10-4-,17-5+. The van der Waals surface area contributed by atoms with Crippen molar-refractivity contribution in [3.05, 3.63) is 84.1 Å². The van der Waals surface area contributed by atoms with Crippen molar-refractivity contribution in [3.8, 4) is 0 Å². The van der Waals surface area contributed by atoms with Crippen molar-refractivity contribution < 1.29 is 4.79 Å². The van der Waals surface area contributed by atoms with Gasteiger partial charge in [0.25, 0.3) is 5.91 Å². The van der Waals surface area contributed by atoms with E-state index in [1.165, 1.54) is 0 Å². The quantitative estimate of drug-likeness (QED) is 0.370. The summed E-state index contributed by atoms with van der Waals surface area (Å²) in [7, 11) is 0. The number of rotatable bonds is 4. The Bertz CT molecular complexity index is 1230. The van der Waals surface area contributed by atoms with E-state index in [1.54, 1.807) is 4.68 Å². The van der Waals surface area contributed by atoms with Crippen molar-refractivity contribution >= 4 is 39.2 Å². The molecule has 5 nitrogen and oxygen atoms in total. The summed E-state index contributed by atoms with van der Waals surface area (Å²) < 4.78 is 1.75. The Morgan fingerprint density at radius 3 is 2.21 bits per heavy atom. The molecule has 0 aliphatic heterocycles. The third kappa shape index (κ3) is 3.43. The molecule has 0 atom stereocenters. The van der Waals surface area contributed by atoms with Crippen LogP contribution in [0.2, 0.25) is 0 Å². The predicted octanol–water partition coefficient (Wildman–Crippen LogP) is 5.58. The summed E-state index contributed by atoms with van der Waals surface area (Å²) in [6, 6.07) is 17.3.